The maximum Gasteiger partial charge on any atom is 0.0207 e. The zero-order valence-electron chi connectivity index (χ0n) is 5.56. The summed E-state index contributed by atoms with van der Waals surface area (Å²) < 4.78 is 0. The summed E-state index contributed by atoms with van der Waals surface area (Å²) in [4.78, 5) is 2.46. The zero-order chi connectivity index (χ0) is 6.32. The third-order valence-electron chi connectivity index (χ3n) is 2.38. The first kappa shape index (κ1) is 6.09. The van der Waals surface area contributed by atoms with E-state index in [1.807, 2.05) is 0 Å². The summed E-state index contributed by atoms with van der Waals surface area (Å²) in [5.41, 5.74) is 0.719. The lowest BCUT2D eigenvalue weighted by molar-refractivity contribution is -0.0263. The van der Waals surface area contributed by atoms with Crippen molar-refractivity contribution in [2.75, 3.05) is 32.5 Å². The first-order valence-corrected chi connectivity index (χ1v) is 4.29. The Balaban J connectivity index is 1.82. The molecule has 2 heterocycles. The quantitative estimate of drug-likeness (QED) is 0.509. The van der Waals surface area contributed by atoms with Crippen LogP contribution in [0.15, 0.2) is 0 Å². The van der Waals surface area contributed by atoms with Gasteiger partial charge in [0.15, 0.2) is 0 Å². The molecule has 2 fully saturated rings. The molecule has 0 saturated carbocycles. The van der Waals surface area contributed by atoms with Gasteiger partial charge in [-0.3, -0.25) is 4.90 Å². The number of likely N-dealkylation sites (tertiary alicyclic amines) is 1. The van der Waals surface area contributed by atoms with Crippen LogP contribution in [0.5, 0.6) is 0 Å². The first-order chi connectivity index (χ1) is 4.35. The predicted molar refractivity (Wildman–Crippen MR) is 41.5 cm³/mol. The highest BCUT2D eigenvalue weighted by atomic mass is 31.0. The van der Waals surface area contributed by atoms with E-state index in [1.54, 1.807) is 0 Å². The summed E-state index contributed by atoms with van der Waals surface area (Å²) >= 11 is 0. The Hall–Kier alpha value is 0.350. The van der Waals surface area contributed by atoms with Crippen LogP contribution in [0.4, 0.5) is 0 Å². The van der Waals surface area contributed by atoms with Gasteiger partial charge in [0.2, 0.25) is 0 Å². The van der Waals surface area contributed by atoms with Crippen molar-refractivity contribution in [2.24, 2.45) is 5.41 Å². The van der Waals surface area contributed by atoms with Crippen molar-refractivity contribution in [3.8, 4) is 0 Å². The van der Waals surface area contributed by atoms with Gasteiger partial charge in [-0.05, 0) is 0 Å². The topological polar surface area (TPSA) is 15.3 Å². The highest BCUT2D eigenvalue weighted by Crippen LogP contribution is 2.33. The Morgan fingerprint density at radius 3 is 2.44 bits per heavy atom. The average molecular weight is 144 g/mol. The van der Waals surface area contributed by atoms with Crippen LogP contribution in [-0.4, -0.2) is 37.4 Å². The van der Waals surface area contributed by atoms with Gasteiger partial charge in [-0.2, -0.15) is 0 Å². The summed E-state index contributed by atoms with van der Waals surface area (Å²) in [7, 11) is 2.77. The highest BCUT2D eigenvalue weighted by molar-refractivity contribution is 7.16. The van der Waals surface area contributed by atoms with E-state index in [2.05, 4.69) is 19.5 Å². The van der Waals surface area contributed by atoms with Crippen molar-refractivity contribution in [1.82, 2.24) is 10.2 Å². The lowest BCUT2D eigenvalue weighted by Crippen LogP contribution is -2.70. The Morgan fingerprint density at radius 1 is 1.44 bits per heavy atom. The minimum Gasteiger partial charge on any atom is -0.315 e. The van der Waals surface area contributed by atoms with Crippen molar-refractivity contribution in [1.29, 1.82) is 0 Å². The van der Waals surface area contributed by atoms with E-state index >= 15 is 0 Å². The molecule has 2 aliphatic heterocycles. The van der Waals surface area contributed by atoms with Crippen molar-refractivity contribution in [3.63, 3.8) is 0 Å². The number of hydrogen-bond donors (Lipinski definition) is 1. The van der Waals surface area contributed by atoms with Crippen molar-refractivity contribution in [3.05, 3.63) is 0 Å². The summed E-state index contributed by atoms with van der Waals surface area (Å²) in [6.45, 7) is 5.16. The third kappa shape index (κ3) is 0.813. The molecular formula is C6H13N2P. The van der Waals surface area contributed by atoms with E-state index in [4.69, 9.17) is 0 Å². The van der Waals surface area contributed by atoms with Crippen LogP contribution < -0.4 is 5.32 Å². The first-order valence-electron chi connectivity index (χ1n) is 3.48. The molecule has 0 aromatic rings. The number of rotatable bonds is 1. The van der Waals surface area contributed by atoms with Gasteiger partial charge in [-0.1, -0.05) is 0 Å². The molecule has 0 aromatic heterocycles. The van der Waals surface area contributed by atoms with Gasteiger partial charge in [0, 0.05) is 37.9 Å². The van der Waals surface area contributed by atoms with Crippen molar-refractivity contribution < 1.29 is 0 Å². The molecule has 0 aromatic carbocycles. The van der Waals surface area contributed by atoms with Crippen molar-refractivity contribution in [2.45, 2.75) is 0 Å². The molecule has 3 heteroatoms. The fourth-order valence-corrected chi connectivity index (χ4v) is 1.99. The lowest BCUT2D eigenvalue weighted by Gasteiger charge is -2.56. The van der Waals surface area contributed by atoms with Gasteiger partial charge in [0.25, 0.3) is 0 Å². The molecular weight excluding hydrogens is 131 g/mol. The molecule has 2 rings (SSSR count). The van der Waals surface area contributed by atoms with E-state index in [9.17, 15) is 0 Å². The van der Waals surface area contributed by atoms with Crippen molar-refractivity contribution >= 4 is 9.24 Å². The van der Waals surface area contributed by atoms with Gasteiger partial charge in [0.1, 0.15) is 0 Å². The van der Waals surface area contributed by atoms with E-state index in [0.29, 0.717) is 0 Å². The highest BCUT2D eigenvalue weighted by Gasteiger charge is 2.46. The Morgan fingerprint density at radius 2 is 2.11 bits per heavy atom. The lowest BCUT2D eigenvalue weighted by atomic mass is 9.75. The largest absolute Gasteiger partial charge is 0.315 e. The van der Waals surface area contributed by atoms with Crippen LogP contribution in [0.1, 0.15) is 0 Å². The number of hydrogen-bond acceptors (Lipinski definition) is 2. The molecule has 1 unspecified atom stereocenters. The fraction of sp³-hybridized carbons (Fsp3) is 1.00. The third-order valence-corrected chi connectivity index (χ3v) is 2.89. The van der Waals surface area contributed by atoms with Gasteiger partial charge in [-0.15, -0.1) is 9.24 Å². The van der Waals surface area contributed by atoms with Crippen LogP contribution >= 0.6 is 9.24 Å². The Kier molecular flexibility index (Phi) is 1.29. The summed E-state index contributed by atoms with van der Waals surface area (Å²) in [5.74, 6) is 0. The van der Waals surface area contributed by atoms with Crippen LogP contribution in [0.2, 0.25) is 0 Å². The molecule has 0 radical (unpaired) electrons. The normalized spacial score (nSPS) is 31.7. The van der Waals surface area contributed by atoms with E-state index in [1.165, 1.54) is 26.2 Å². The SMILES string of the molecule is PCN1CC2(CNC2)C1. The molecule has 2 nitrogen and oxygen atoms in total. The van der Waals surface area contributed by atoms with E-state index < -0.39 is 0 Å². The standard InChI is InChI=1S/C6H13N2P/c9-5-8-3-6(4-8)1-7-2-6/h7H,1-5,9H2. The maximum atomic E-state index is 3.32. The van der Waals surface area contributed by atoms with Gasteiger partial charge >= 0.3 is 0 Å². The molecule has 1 N–H and O–H groups in total. The molecule has 52 valence electrons. The molecule has 1 atom stereocenters. The molecule has 9 heavy (non-hydrogen) atoms. The predicted octanol–water partition coefficient (Wildman–Crippen LogP) is -0.276. The number of nitrogens with one attached hydrogen (secondary N) is 1. The maximum absolute atomic E-state index is 3.32. The summed E-state index contributed by atoms with van der Waals surface area (Å²) in [5, 5.41) is 3.32. The molecule has 0 aliphatic carbocycles. The smallest absolute Gasteiger partial charge is 0.0207 e. The Labute approximate surface area is 58.2 Å². The minimum atomic E-state index is 0.719. The number of nitrogens with zero attached hydrogens (tertiary/aromatic N) is 1. The van der Waals surface area contributed by atoms with Gasteiger partial charge in [-0.25, -0.2) is 0 Å². The molecule has 0 amide bonds. The molecule has 2 saturated heterocycles. The van der Waals surface area contributed by atoms with Crippen LogP contribution in [0, 0.1) is 5.41 Å². The van der Waals surface area contributed by atoms with Crippen LogP contribution in [0.25, 0.3) is 0 Å². The van der Waals surface area contributed by atoms with Gasteiger partial charge in [0.05, 0.1) is 0 Å². The minimum absolute atomic E-state index is 0.719. The zero-order valence-corrected chi connectivity index (χ0v) is 6.71. The van der Waals surface area contributed by atoms with Gasteiger partial charge < -0.3 is 5.32 Å². The Bertz CT molecular complexity index is 114. The fourth-order valence-electron chi connectivity index (χ4n) is 1.73. The second-order valence-electron chi connectivity index (χ2n) is 3.27. The molecule has 0 bridgehead atoms. The average Bonchev–Trinajstić information content (AvgIpc) is 1.59. The van der Waals surface area contributed by atoms with Crippen LogP contribution in [-0.2, 0) is 0 Å². The molecule has 2 aliphatic rings. The summed E-state index contributed by atoms with van der Waals surface area (Å²) in [6, 6.07) is 0. The van der Waals surface area contributed by atoms with E-state index in [-0.39, 0.29) is 0 Å². The summed E-state index contributed by atoms with van der Waals surface area (Å²) in [6.07, 6.45) is 1.15. The van der Waals surface area contributed by atoms with E-state index in [0.717, 1.165) is 11.7 Å². The molecule has 1 spiro atoms. The van der Waals surface area contributed by atoms with Crippen LogP contribution in [0.3, 0.4) is 0 Å². The second-order valence-corrected chi connectivity index (χ2v) is 3.64. The monoisotopic (exact) mass is 144 g/mol. The second kappa shape index (κ2) is 1.91.